The Kier molecular flexibility index (Phi) is 3.73. The third-order valence-corrected chi connectivity index (χ3v) is 4.93. The van der Waals surface area contributed by atoms with Gasteiger partial charge in [0.15, 0.2) is 5.16 Å². The van der Waals surface area contributed by atoms with E-state index in [4.69, 9.17) is 0 Å². The molecule has 0 aliphatic heterocycles. The molecule has 1 aliphatic rings. The molecule has 2 nitrogen and oxygen atoms in total. The molecule has 1 aliphatic carbocycles. The molecule has 86 valence electrons. The lowest BCUT2D eigenvalue weighted by molar-refractivity contribution is -0.170. The molecule has 1 aromatic rings. The number of benzene rings is 1. The summed E-state index contributed by atoms with van der Waals surface area (Å²) in [4.78, 5) is 11.5. The third-order valence-electron chi connectivity index (χ3n) is 3.55. The van der Waals surface area contributed by atoms with Gasteiger partial charge >= 0.3 is 8.03 Å². The molecule has 1 unspecified atom stereocenters. The van der Waals surface area contributed by atoms with Gasteiger partial charge in [-0.1, -0.05) is 41.3 Å². The van der Waals surface area contributed by atoms with E-state index in [9.17, 15) is 9.46 Å². The van der Waals surface area contributed by atoms with Crippen LogP contribution in [0.1, 0.15) is 37.7 Å². The number of rotatable bonds is 3. The normalized spacial score (nSPS) is 20.4. The highest BCUT2D eigenvalue weighted by atomic mass is 31.1. The van der Waals surface area contributed by atoms with E-state index >= 15 is 0 Å². The summed E-state index contributed by atoms with van der Waals surface area (Å²) in [7, 11) is -2.33. The Balaban J connectivity index is 2.17. The summed E-state index contributed by atoms with van der Waals surface area (Å²) in [5.74, 6) is 0. The maximum atomic E-state index is 11.5. The number of hydrogen-bond acceptors (Lipinski definition) is 2. The lowest BCUT2D eigenvalue weighted by Crippen LogP contribution is -2.33. The summed E-state index contributed by atoms with van der Waals surface area (Å²) in [6.45, 7) is 0. The first-order valence-corrected chi connectivity index (χ1v) is 7.09. The zero-order chi connectivity index (χ0) is 11.4. The fourth-order valence-corrected chi connectivity index (χ4v) is 3.60. The Hall–Kier alpha value is -0.720. The van der Waals surface area contributed by atoms with Gasteiger partial charge in [-0.3, -0.25) is 0 Å². The second-order valence-corrected chi connectivity index (χ2v) is 6.17. The first kappa shape index (κ1) is 11.8. The smallest absolute Gasteiger partial charge is 0.315 e. The SMILES string of the molecule is O=[P+]([O-])C1(Cc2ccccc2)CCCCC1. The minimum atomic E-state index is -2.33. The monoisotopic (exact) mass is 236 g/mol. The number of hydrogen-bond donors (Lipinski definition) is 0. The van der Waals surface area contributed by atoms with Gasteiger partial charge in [0, 0.05) is 6.42 Å². The van der Waals surface area contributed by atoms with E-state index in [1.807, 2.05) is 30.3 Å². The van der Waals surface area contributed by atoms with Crippen LogP contribution in [0.5, 0.6) is 0 Å². The van der Waals surface area contributed by atoms with Crippen molar-refractivity contribution in [3.8, 4) is 0 Å². The van der Waals surface area contributed by atoms with Gasteiger partial charge < -0.3 is 4.89 Å². The predicted molar refractivity (Wildman–Crippen MR) is 63.6 cm³/mol. The van der Waals surface area contributed by atoms with Crippen molar-refractivity contribution in [3.63, 3.8) is 0 Å². The average molecular weight is 236 g/mol. The zero-order valence-electron chi connectivity index (χ0n) is 9.39. The zero-order valence-corrected chi connectivity index (χ0v) is 10.3. The van der Waals surface area contributed by atoms with Gasteiger partial charge in [0.05, 0.1) is 0 Å². The van der Waals surface area contributed by atoms with Crippen molar-refractivity contribution in [2.75, 3.05) is 0 Å². The van der Waals surface area contributed by atoms with Crippen molar-refractivity contribution in [2.24, 2.45) is 0 Å². The molecule has 16 heavy (non-hydrogen) atoms. The van der Waals surface area contributed by atoms with Gasteiger partial charge in [-0.2, -0.15) is 0 Å². The Morgan fingerprint density at radius 2 is 1.75 bits per heavy atom. The third kappa shape index (κ3) is 2.50. The molecule has 2 rings (SSSR count). The van der Waals surface area contributed by atoms with Crippen LogP contribution in [0, 0.1) is 0 Å². The molecular weight excluding hydrogens is 219 g/mol. The average Bonchev–Trinajstić information content (AvgIpc) is 2.31. The Morgan fingerprint density at radius 3 is 2.31 bits per heavy atom. The van der Waals surface area contributed by atoms with Crippen molar-refractivity contribution in [1.29, 1.82) is 0 Å². The molecule has 1 aromatic carbocycles. The van der Waals surface area contributed by atoms with Gasteiger partial charge in [-0.25, -0.2) is 0 Å². The molecule has 0 N–H and O–H groups in total. The molecule has 1 atom stereocenters. The minimum absolute atomic E-state index is 0.463. The van der Waals surface area contributed by atoms with Gasteiger partial charge in [0.1, 0.15) is 0 Å². The molecule has 1 fully saturated rings. The topological polar surface area (TPSA) is 40.1 Å². The molecule has 0 aromatic heterocycles. The fraction of sp³-hybridized carbons (Fsp3) is 0.538. The highest BCUT2D eigenvalue weighted by molar-refractivity contribution is 7.38. The Labute approximate surface area is 97.6 Å². The van der Waals surface area contributed by atoms with Crippen LogP contribution in [0.2, 0.25) is 0 Å². The van der Waals surface area contributed by atoms with E-state index in [0.29, 0.717) is 6.42 Å². The second-order valence-electron chi connectivity index (χ2n) is 4.70. The molecule has 0 bridgehead atoms. The lowest BCUT2D eigenvalue weighted by atomic mass is 9.84. The quantitative estimate of drug-likeness (QED) is 0.757. The standard InChI is InChI=1S/C13H17O2P/c14-16(15)13(9-5-2-6-10-13)11-12-7-3-1-4-8-12/h1,3-4,7-8H,2,5-6,9-11H2. The highest BCUT2D eigenvalue weighted by Gasteiger charge is 2.43. The van der Waals surface area contributed by atoms with E-state index in [-0.39, 0.29) is 0 Å². The fourth-order valence-electron chi connectivity index (χ4n) is 2.61. The predicted octanol–water partition coefficient (Wildman–Crippen LogP) is 3.03. The van der Waals surface area contributed by atoms with Crippen molar-refractivity contribution < 1.29 is 9.46 Å². The summed E-state index contributed by atoms with van der Waals surface area (Å²) in [6.07, 6.45) is 5.64. The lowest BCUT2D eigenvalue weighted by Gasteiger charge is -2.29. The first-order valence-electron chi connectivity index (χ1n) is 5.91. The largest absolute Gasteiger partial charge is 0.595 e. The second kappa shape index (κ2) is 5.07. The molecule has 1 saturated carbocycles. The first-order chi connectivity index (χ1) is 7.73. The Morgan fingerprint density at radius 1 is 1.12 bits per heavy atom. The van der Waals surface area contributed by atoms with E-state index in [0.717, 1.165) is 31.2 Å². The molecule has 0 amide bonds. The van der Waals surface area contributed by atoms with Crippen LogP contribution in [-0.2, 0) is 11.0 Å². The summed E-state index contributed by atoms with van der Waals surface area (Å²) in [5.41, 5.74) is 1.14. The van der Waals surface area contributed by atoms with Crippen LogP contribution in [-0.4, -0.2) is 5.16 Å². The summed E-state index contributed by atoms with van der Waals surface area (Å²) in [6, 6.07) is 9.96. The Bertz CT molecular complexity index is 355. The van der Waals surface area contributed by atoms with Gasteiger partial charge in [0.25, 0.3) is 0 Å². The van der Waals surface area contributed by atoms with Crippen molar-refractivity contribution >= 4 is 8.03 Å². The minimum Gasteiger partial charge on any atom is -0.595 e. The van der Waals surface area contributed by atoms with Crippen molar-refractivity contribution in [1.82, 2.24) is 0 Å². The van der Waals surface area contributed by atoms with Crippen LogP contribution >= 0.6 is 8.03 Å². The maximum Gasteiger partial charge on any atom is 0.315 e. The highest BCUT2D eigenvalue weighted by Crippen LogP contribution is 2.46. The van der Waals surface area contributed by atoms with E-state index in [1.54, 1.807) is 0 Å². The van der Waals surface area contributed by atoms with Crippen molar-refractivity contribution in [2.45, 2.75) is 43.7 Å². The summed E-state index contributed by atoms with van der Waals surface area (Å²) in [5, 5.41) is -0.463. The molecule has 0 spiro atoms. The molecule has 3 heteroatoms. The summed E-state index contributed by atoms with van der Waals surface area (Å²) >= 11 is 0. The molecule has 0 radical (unpaired) electrons. The van der Waals surface area contributed by atoms with Gasteiger partial charge in [0.2, 0.25) is 0 Å². The van der Waals surface area contributed by atoms with Crippen LogP contribution in [0.15, 0.2) is 30.3 Å². The molecule has 0 heterocycles. The van der Waals surface area contributed by atoms with E-state index in [2.05, 4.69) is 0 Å². The summed E-state index contributed by atoms with van der Waals surface area (Å²) < 4.78 is 11.5. The van der Waals surface area contributed by atoms with E-state index in [1.165, 1.54) is 6.42 Å². The van der Waals surface area contributed by atoms with E-state index < -0.39 is 13.2 Å². The van der Waals surface area contributed by atoms with Crippen LogP contribution < -0.4 is 4.89 Å². The van der Waals surface area contributed by atoms with Crippen LogP contribution in [0.4, 0.5) is 0 Å². The van der Waals surface area contributed by atoms with Gasteiger partial charge in [-0.05, 0) is 31.2 Å². The van der Waals surface area contributed by atoms with Crippen molar-refractivity contribution in [3.05, 3.63) is 35.9 Å². The molecule has 0 saturated heterocycles. The molecular formula is C13H17O2P. The van der Waals surface area contributed by atoms with Gasteiger partial charge in [-0.15, -0.1) is 0 Å². The maximum absolute atomic E-state index is 11.5. The van der Waals surface area contributed by atoms with Crippen LogP contribution in [0.25, 0.3) is 0 Å². The van der Waals surface area contributed by atoms with Crippen LogP contribution in [0.3, 0.4) is 0 Å².